The average molecular weight is 437 g/mol. The summed E-state index contributed by atoms with van der Waals surface area (Å²) in [6, 6.07) is 4.48. The van der Waals surface area contributed by atoms with Crippen molar-refractivity contribution >= 4 is 39.3 Å². The van der Waals surface area contributed by atoms with Crippen LogP contribution >= 0.6 is 23.2 Å². The number of carbonyl (C=O) groups is 1. The minimum atomic E-state index is -3.63. The largest absolute Gasteiger partial charge is 0.444 e. The maximum atomic E-state index is 12.5. The molecular formula is C18H26Cl2N2O4S. The standard InChI is InChI=1S/C18H26Cl2N2O4S/c1-18(2,3)26-17(23)22-9-5-4-6-15(22)11-21-27(24,25)12-13-10-14(19)7-8-16(13)20/h7-8,10,15,21H,4-6,9,11-12H2,1-3H3/t15-/m0/s1. The molecule has 9 heteroatoms. The summed E-state index contributed by atoms with van der Waals surface area (Å²) >= 11 is 12.0. The number of nitrogens with zero attached hydrogens (tertiary/aromatic N) is 1. The molecule has 0 aromatic heterocycles. The van der Waals surface area contributed by atoms with E-state index in [1.807, 2.05) is 0 Å². The number of hydrogen-bond donors (Lipinski definition) is 1. The van der Waals surface area contributed by atoms with Gasteiger partial charge in [0.1, 0.15) is 5.60 Å². The van der Waals surface area contributed by atoms with Crippen LogP contribution in [0.5, 0.6) is 0 Å². The lowest BCUT2D eigenvalue weighted by Gasteiger charge is -2.36. The molecule has 0 aliphatic carbocycles. The van der Waals surface area contributed by atoms with Crippen molar-refractivity contribution < 1.29 is 17.9 Å². The molecule has 2 rings (SSSR count). The average Bonchev–Trinajstić information content (AvgIpc) is 2.55. The lowest BCUT2D eigenvalue weighted by atomic mass is 10.0. The van der Waals surface area contributed by atoms with Gasteiger partial charge in [-0.25, -0.2) is 17.9 Å². The Balaban J connectivity index is 2.01. The van der Waals surface area contributed by atoms with E-state index in [0.29, 0.717) is 22.2 Å². The van der Waals surface area contributed by atoms with Crippen LogP contribution in [-0.2, 0) is 20.5 Å². The number of benzene rings is 1. The fourth-order valence-electron chi connectivity index (χ4n) is 2.91. The Kier molecular flexibility index (Phi) is 7.41. The van der Waals surface area contributed by atoms with Crippen LogP contribution in [0.1, 0.15) is 45.6 Å². The van der Waals surface area contributed by atoms with E-state index in [1.54, 1.807) is 37.8 Å². The van der Waals surface area contributed by atoms with Crippen molar-refractivity contribution in [3.63, 3.8) is 0 Å². The van der Waals surface area contributed by atoms with Gasteiger partial charge in [0.05, 0.1) is 5.75 Å². The zero-order valence-electron chi connectivity index (χ0n) is 15.8. The molecule has 6 nitrogen and oxygen atoms in total. The van der Waals surface area contributed by atoms with Crippen LogP contribution < -0.4 is 4.72 Å². The van der Waals surface area contributed by atoms with Crippen molar-refractivity contribution in [2.75, 3.05) is 13.1 Å². The first-order chi connectivity index (χ1) is 12.5. The lowest BCUT2D eigenvalue weighted by Crippen LogP contribution is -2.50. The molecule has 1 atom stereocenters. The monoisotopic (exact) mass is 436 g/mol. The predicted molar refractivity (Wildman–Crippen MR) is 108 cm³/mol. The first-order valence-corrected chi connectivity index (χ1v) is 11.3. The number of ether oxygens (including phenoxy) is 1. The van der Waals surface area contributed by atoms with Crippen LogP contribution in [0.3, 0.4) is 0 Å². The van der Waals surface area contributed by atoms with Crippen LogP contribution in [0.4, 0.5) is 4.79 Å². The molecule has 0 unspecified atom stereocenters. The summed E-state index contributed by atoms with van der Waals surface area (Å²) in [7, 11) is -3.63. The van der Waals surface area contributed by atoms with E-state index < -0.39 is 21.7 Å². The molecule has 1 amide bonds. The number of likely N-dealkylation sites (tertiary alicyclic amines) is 1. The van der Waals surface area contributed by atoms with Crippen molar-refractivity contribution in [3.05, 3.63) is 33.8 Å². The Morgan fingerprint density at radius 1 is 1.30 bits per heavy atom. The van der Waals surface area contributed by atoms with Crippen molar-refractivity contribution in [1.29, 1.82) is 0 Å². The molecule has 1 aliphatic heterocycles. The number of amides is 1. The maximum Gasteiger partial charge on any atom is 0.410 e. The number of rotatable bonds is 5. The molecule has 1 saturated heterocycles. The molecule has 1 aliphatic rings. The van der Waals surface area contributed by atoms with Crippen LogP contribution in [-0.4, -0.2) is 44.1 Å². The molecule has 1 fully saturated rings. The third-order valence-electron chi connectivity index (χ3n) is 4.15. The Labute approximate surface area is 171 Å². The number of sulfonamides is 1. The molecule has 1 N–H and O–H groups in total. The molecule has 0 radical (unpaired) electrons. The second-order valence-corrected chi connectivity index (χ2v) is 10.3. The highest BCUT2D eigenvalue weighted by Crippen LogP contribution is 2.23. The normalized spacial score (nSPS) is 18.4. The molecule has 152 valence electrons. The van der Waals surface area contributed by atoms with E-state index >= 15 is 0 Å². The van der Waals surface area contributed by atoms with E-state index in [2.05, 4.69) is 4.72 Å². The summed E-state index contributed by atoms with van der Waals surface area (Å²) in [4.78, 5) is 14.0. The Morgan fingerprint density at radius 2 is 2.00 bits per heavy atom. The number of nitrogens with one attached hydrogen (secondary N) is 1. The molecule has 0 spiro atoms. The smallest absolute Gasteiger partial charge is 0.410 e. The van der Waals surface area contributed by atoms with Gasteiger partial charge >= 0.3 is 6.09 Å². The summed E-state index contributed by atoms with van der Waals surface area (Å²) in [5.41, 5.74) is -0.161. The van der Waals surface area contributed by atoms with Gasteiger partial charge < -0.3 is 9.64 Å². The highest BCUT2D eigenvalue weighted by molar-refractivity contribution is 7.88. The van der Waals surface area contributed by atoms with Gasteiger partial charge in [-0.05, 0) is 63.8 Å². The number of carbonyl (C=O) groups excluding carboxylic acids is 1. The van der Waals surface area contributed by atoms with Gasteiger partial charge in [-0.2, -0.15) is 0 Å². The third kappa shape index (κ3) is 7.14. The molecule has 1 aromatic carbocycles. The minimum absolute atomic E-state index is 0.139. The quantitative estimate of drug-likeness (QED) is 0.749. The van der Waals surface area contributed by atoms with Crippen molar-refractivity contribution in [2.24, 2.45) is 0 Å². The fourth-order valence-corrected chi connectivity index (χ4v) is 4.56. The number of piperidine rings is 1. The van der Waals surface area contributed by atoms with Gasteiger partial charge in [-0.15, -0.1) is 0 Å². The van der Waals surface area contributed by atoms with Gasteiger partial charge in [0.15, 0.2) is 0 Å². The van der Waals surface area contributed by atoms with Gasteiger partial charge in [0.2, 0.25) is 10.0 Å². The number of hydrogen-bond acceptors (Lipinski definition) is 4. The van der Waals surface area contributed by atoms with Gasteiger partial charge in [0.25, 0.3) is 0 Å². The minimum Gasteiger partial charge on any atom is -0.444 e. The van der Waals surface area contributed by atoms with Crippen LogP contribution in [0.25, 0.3) is 0 Å². The predicted octanol–water partition coefficient (Wildman–Crippen LogP) is 4.20. The van der Waals surface area contributed by atoms with E-state index in [4.69, 9.17) is 27.9 Å². The van der Waals surface area contributed by atoms with E-state index in [-0.39, 0.29) is 18.3 Å². The second-order valence-electron chi connectivity index (χ2n) is 7.67. The summed E-state index contributed by atoms with van der Waals surface area (Å²) in [5.74, 6) is -0.272. The van der Waals surface area contributed by atoms with E-state index in [1.165, 1.54) is 6.07 Å². The molecule has 1 heterocycles. The zero-order chi connectivity index (χ0) is 20.2. The highest BCUT2D eigenvalue weighted by Gasteiger charge is 2.31. The SMILES string of the molecule is CC(C)(C)OC(=O)N1CCCC[C@H]1CNS(=O)(=O)Cc1cc(Cl)ccc1Cl. The summed E-state index contributed by atoms with van der Waals surface area (Å²) < 4.78 is 33.0. The van der Waals surface area contributed by atoms with Crippen molar-refractivity contribution in [1.82, 2.24) is 9.62 Å². The maximum absolute atomic E-state index is 12.5. The molecular weight excluding hydrogens is 411 g/mol. The Morgan fingerprint density at radius 3 is 2.67 bits per heavy atom. The first-order valence-electron chi connectivity index (χ1n) is 8.88. The van der Waals surface area contributed by atoms with Crippen molar-refractivity contribution in [3.8, 4) is 0 Å². The van der Waals surface area contributed by atoms with Gasteiger partial charge in [-0.1, -0.05) is 23.2 Å². The molecule has 0 bridgehead atoms. The molecule has 0 saturated carbocycles. The third-order valence-corrected chi connectivity index (χ3v) is 6.05. The summed E-state index contributed by atoms with van der Waals surface area (Å²) in [6.45, 7) is 6.12. The first kappa shape index (κ1) is 22.3. The topological polar surface area (TPSA) is 75.7 Å². The Hall–Kier alpha value is -1.02. The van der Waals surface area contributed by atoms with E-state index in [0.717, 1.165) is 19.3 Å². The summed E-state index contributed by atoms with van der Waals surface area (Å²) in [5, 5.41) is 0.769. The van der Waals surface area contributed by atoms with Crippen LogP contribution in [0.2, 0.25) is 10.0 Å². The Bertz CT molecular complexity index is 778. The second kappa shape index (κ2) is 8.99. The van der Waals surface area contributed by atoms with Gasteiger partial charge in [-0.3, -0.25) is 0 Å². The molecule has 1 aromatic rings. The van der Waals surface area contributed by atoms with Crippen molar-refractivity contribution in [2.45, 2.75) is 57.4 Å². The van der Waals surface area contributed by atoms with Crippen LogP contribution in [0, 0.1) is 0 Å². The number of halogens is 2. The fraction of sp³-hybridized carbons (Fsp3) is 0.611. The van der Waals surface area contributed by atoms with Gasteiger partial charge in [0, 0.05) is 29.2 Å². The van der Waals surface area contributed by atoms with E-state index in [9.17, 15) is 13.2 Å². The molecule has 27 heavy (non-hydrogen) atoms. The summed E-state index contributed by atoms with van der Waals surface area (Å²) in [6.07, 6.45) is 2.12. The highest BCUT2D eigenvalue weighted by atomic mass is 35.5. The zero-order valence-corrected chi connectivity index (χ0v) is 18.1. The lowest BCUT2D eigenvalue weighted by molar-refractivity contribution is 0.0105. The van der Waals surface area contributed by atoms with Crippen LogP contribution in [0.15, 0.2) is 18.2 Å².